The second-order valence-corrected chi connectivity index (χ2v) is 8.81. The minimum absolute atomic E-state index is 0.226. The summed E-state index contributed by atoms with van der Waals surface area (Å²) in [5.41, 5.74) is 1.57. The maximum Gasteiger partial charge on any atom is 0.188 e. The highest BCUT2D eigenvalue weighted by Gasteiger charge is 2.16. The number of aliphatic hydroxyl groups is 1. The third-order valence-corrected chi connectivity index (χ3v) is 5.72. The summed E-state index contributed by atoms with van der Waals surface area (Å²) in [7, 11) is -3.64. The molecule has 3 rings (SSSR count). The number of thiazole rings is 1. The smallest absolute Gasteiger partial charge is 0.188 e. The van der Waals surface area contributed by atoms with Crippen molar-refractivity contribution in [1.29, 1.82) is 0 Å². The van der Waals surface area contributed by atoms with E-state index >= 15 is 0 Å². The third-order valence-electron chi connectivity index (χ3n) is 3.42. The maximum atomic E-state index is 14.0. The predicted octanol–water partition coefficient (Wildman–Crippen LogP) is 3.64. The quantitative estimate of drug-likeness (QED) is 0.620. The van der Waals surface area contributed by atoms with Gasteiger partial charge in [0.2, 0.25) is 0 Å². The van der Waals surface area contributed by atoms with Crippen LogP contribution in [0.15, 0.2) is 41.4 Å². The number of anilines is 2. The Labute approximate surface area is 158 Å². The van der Waals surface area contributed by atoms with Crippen molar-refractivity contribution in [1.82, 2.24) is 9.97 Å². The van der Waals surface area contributed by atoms with Crippen molar-refractivity contribution in [2.45, 2.75) is 11.5 Å². The molecule has 10 heteroatoms. The molecule has 0 bridgehead atoms. The van der Waals surface area contributed by atoms with Crippen LogP contribution in [0.1, 0.15) is 4.88 Å². The highest BCUT2D eigenvalue weighted by atomic mass is 35.5. The first-order valence-electron chi connectivity index (χ1n) is 7.27. The van der Waals surface area contributed by atoms with Gasteiger partial charge in [-0.3, -0.25) is 0 Å². The zero-order chi connectivity index (χ0) is 18.9. The second-order valence-electron chi connectivity index (χ2n) is 5.36. The Balaban J connectivity index is 1.93. The number of nitrogens with one attached hydrogen (secondary N) is 1. The number of aromatic nitrogens is 2. The molecule has 0 saturated heterocycles. The van der Waals surface area contributed by atoms with E-state index in [1.54, 1.807) is 12.1 Å². The van der Waals surface area contributed by atoms with Gasteiger partial charge in [-0.15, -0.1) is 0 Å². The summed E-state index contributed by atoms with van der Waals surface area (Å²) in [6, 6.07) is 7.06. The lowest BCUT2D eigenvalue weighted by Gasteiger charge is -2.05. The van der Waals surface area contributed by atoms with Gasteiger partial charge in [-0.25, -0.2) is 22.8 Å². The summed E-state index contributed by atoms with van der Waals surface area (Å²) in [5.74, 6) is -0.849. The van der Waals surface area contributed by atoms with Crippen molar-refractivity contribution < 1.29 is 17.9 Å². The number of halogens is 2. The molecule has 1 aromatic carbocycles. The van der Waals surface area contributed by atoms with Gasteiger partial charge in [0.15, 0.2) is 15.0 Å². The predicted molar refractivity (Wildman–Crippen MR) is 99.1 cm³/mol. The molecule has 0 atom stereocenters. The van der Waals surface area contributed by atoms with Gasteiger partial charge in [0.25, 0.3) is 0 Å². The monoisotopic (exact) mass is 413 g/mol. The van der Waals surface area contributed by atoms with Crippen LogP contribution in [0.3, 0.4) is 0 Å². The molecular weight excluding hydrogens is 401 g/mol. The van der Waals surface area contributed by atoms with Crippen LogP contribution in [0, 0.1) is 5.82 Å². The van der Waals surface area contributed by atoms with Crippen molar-refractivity contribution in [3.8, 4) is 11.3 Å². The van der Waals surface area contributed by atoms with Crippen LogP contribution in [0.2, 0.25) is 5.15 Å². The number of sulfone groups is 1. The zero-order valence-corrected chi connectivity index (χ0v) is 15.8. The molecular formula is C16H13ClFN3O3S2. The third kappa shape index (κ3) is 4.01. The molecule has 2 N–H and O–H groups in total. The SMILES string of the molecule is CS(=O)(=O)c1ccc(Nc2nc(-c3ccnc(Cl)c3)c(CO)s2)cc1F. The van der Waals surface area contributed by atoms with Gasteiger partial charge in [-0.2, -0.15) is 0 Å². The number of nitrogens with zero attached hydrogens (tertiary/aromatic N) is 2. The summed E-state index contributed by atoms with van der Waals surface area (Å²) >= 11 is 7.09. The zero-order valence-electron chi connectivity index (χ0n) is 13.4. The molecule has 0 aliphatic rings. The largest absolute Gasteiger partial charge is 0.391 e. The van der Waals surface area contributed by atoms with E-state index in [0.29, 0.717) is 32.1 Å². The van der Waals surface area contributed by atoms with Gasteiger partial charge in [0.05, 0.1) is 17.2 Å². The van der Waals surface area contributed by atoms with Crippen LogP contribution in [-0.2, 0) is 16.4 Å². The van der Waals surface area contributed by atoms with Crippen LogP contribution in [0.5, 0.6) is 0 Å². The summed E-state index contributed by atoms with van der Waals surface area (Å²) in [4.78, 5) is 8.54. The lowest BCUT2D eigenvalue weighted by Crippen LogP contribution is -2.01. The summed E-state index contributed by atoms with van der Waals surface area (Å²) in [6.07, 6.45) is 2.48. The molecule has 6 nitrogen and oxygen atoms in total. The fourth-order valence-corrected chi connectivity index (χ4v) is 4.06. The average molecular weight is 414 g/mol. The Bertz CT molecular complexity index is 1070. The van der Waals surface area contributed by atoms with Gasteiger partial charge in [0.1, 0.15) is 15.9 Å². The molecule has 26 heavy (non-hydrogen) atoms. The van der Waals surface area contributed by atoms with E-state index in [4.69, 9.17) is 11.6 Å². The Kier molecular flexibility index (Phi) is 5.24. The number of benzene rings is 1. The minimum atomic E-state index is -3.64. The van der Waals surface area contributed by atoms with Crippen molar-refractivity contribution in [2.24, 2.45) is 0 Å². The lowest BCUT2D eigenvalue weighted by molar-refractivity contribution is 0.286. The molecule has 136 valence electrons. The standard InChI is InChI=1S/C16H13ClFN3O3S2/c1-26(23,24)13-3-2-10(7-11(13)18)20-16-21-15(12(8-22)25-16)9-4-5-19-14(17)6-9/h2-7,22H,8H2,1H3,(H,20,21). The highest BCUT2D eigenvalue weighted by Crippen LogP contribution is 2.33. The van der Waals surface area contributed by atoms with E-state index in [1.165, 1.54) is 29.7 Å². The molecule has 0 unspecified atom stereocenters. The average Bonchev–Trinajstić information content (AvgIpc) is 2.96. The molecule has 0 spiro atoms. The van der Waals surface area contributed by atoms with E-state index in [0.717, 1.165) is 12.3 Å². The first kappa shape index (κ1) is 18.7. The van der Waals surface area contributed by atoms with Crippen molar-refractivity contribution in [2.75, 3.05) is 11.6 Å². The van der Waals surface area contributed by atoms with Crippen LogP contribution in [0.4, 0.5) is 15.2 Å². The fourth-order valence-electron chi connectivity index (χ4n) is 2.29. The van der Waals surface area contributed by atoms with Gasteiger partial charge in [0, 0.05) is 23.7 Å². The Morgan fingerprint density at radius 2 is 2.08 bits per heavy atom. The Hall–Kier alpha value is -2.07. The van der Waals surface area contributed by atoms with Crippen molar-refractivity contribution >= 4 is 43.6 Å². The number of hydrogen-bond donors (Lipinski definition) is 2. The topological polar surface area (TPSA) is 92.2 Å². The van der Waals surface area contributed by atoms with Gasteiger partial charge >= 0.3 is 0 Å². The van der Waals surface area contributed by atoms with Gasteiger partial charge in [-0.05, 0) is 30.3 Å². The Morgan fingerprint density at radius 3 is 2.69 bits per heavy atom. The summed E-state index contributed by atoms with van der Waals surface area (Å²) in [6.45, 7) is -0.226. The van der Waals surface area contributed by atoms with Crippen LogP contribution in [0.25, 0.3) is 11.3 Å². The minimum Gasteiger partial charge on any atom is -0.391 e. The normalized spacial score (nSPS) is 11.5. The molecule has 0 saturated carbocycles. The molecule has 0 aliphatic heterocycles. The van der Waals surface area contributed by atoms with Crippen LogP contribution < -0.4 is 5.32 Å². The fraction of sp³-hybridized carbons (Fsp3) is 0.125. The number of hydrogen-bond acceptors (Lipinski definition) is 7. The molecule has 2 heterocycles. The van der Waals surface area contributed by atoms with E-state index in [2.05, 4.69) is 15.3 Å². The second kappa shape index (κ2) is 7.28. The molecule has 2 aromatic heterocycles. The summed E-state index contributed by atoms with van der Waals surface area (Å²) in [5, 5.41) is 13.2. The first-order chi connectivity index (χ1) is 12.3. The van der Waals surface area contributed by atoms with Crippen molar-refractivity contribution in [3.05, 3.63) is 52.4 Å². The van der Waals surface area contributed by atoms with Crippen molar-refractivity contribution in [3.63, 3.8) is 0 Å². The van der Waals surface area contributed by atoms with Crippen LogP contribution >= 0.6 is 22.9 Å². The molecule has 0 radical (unpaired) electrons. The first-order valence-corrected chi connectivity index (χ1v) is 10.4. The lowest BCUT2D eigenvalue weighted by atomic mass is 10.2. The van der Waals surface area contributed by atoms with Gasteiger partial charge < -0.3 is 10.4 Å². The maximum absolute atomic E-state index is 14.0. The Morgan fingerprint density at radius 1 is 1.31 bits per heavy atom. The van der Waals surface area contributed by atoms with E-state index < -0.39 is 15.7 Å². The molecule has 0 aliphatic carbocycles. The number of pyridine rings is 1. The molecule has 0 amide bonds. The van der Waals surface area contributed by atoms with E-state index in [1.807, 2.05) is 0 Å². The molecule has 0 fully saturated rings. The van der Waals surface area contributed by atoms with E-state index in [9.17, 15) is 17.9 Å². The van der Waals surface area contributed by atoms with E-state index in [-0.39, 0.29) is 11.5 Å². The van der Waals surface area contributed by atoms with Gasteiger partial charge in [-0.1, -0.05) is 22.9 Å². The number of aliphatic hydroxyl groups excluding tert-OH is 1. The summed E-state index contributed by atoms with van der Waals surface area (Å²) < 4.78 is 37.0. The van der Waals surface area contributed by atoms with Crippen LogP contribution in [-0.4, -0.2) is 29.7 Å². The number of rotatable bonds is 5. The molecule has 3 aromatic rings. The highest BCUT2D eigenvalue weighted by molar-refractivity contribution is 7.90.